The van der Waals surface area contributed by atoms with E-state index in [1.807, 2.05) is 0 Å². The van der Waals surface area contributed by atoms with Crippen LogP contribution in [0.3, 0.4) is 0 Å². The number of hydrogen-bond acceptors (Lipinski definition) is 2. The van der Waals surface area contributed by atoms with E-state index >= 15 is 0 Å². The Morgan fingerprint density at radius 2 is 1.70 bits per heavy atom. The second-order valence-electron chi connectivity index (χ2n) is 4.29. The number of anilines is 1. The van der Waals surface area contributed by atoms with Gasteiger partial charge < -0.3 is 10.6 Å². The highest BCUT2D eigenvalue weighted by Gasteiger charge is 2.02. The van der Waals surface area contributed by atoms with Gasteiger partial charge in [-0.25, -0.2) is 4.39 Å². The normalized spacial score (nSPS) is 10.3. The first kappa shape index (κ1) is 14.5. The summed E-state index contributed by atoms with van der Waals surface area (Å²) in [6, 6.07) is 13.0. The van der Waals surface area contributed by atoms with Crippen molar-refractivity contribution in [3.63, 3.8) is 0 Å². The summed E-state index contributed by atoms with van der Waals surface area (Å²) < 4.78 is 12.7. The highest BCUT2D eigenvalue weighted by molar-refractivity contribution is 6.30. The van der Waals surface area contributed by atoms with Crippen LogP contribution in [0.2, 0.25) is 5.02 Å². The highest BCUT2D eigenvalue weighted by Crippen LogP contribution is 2.13. The van der Waals surface area contributed by atoms with Crippen molar-refractivity contribution >= 4 is 23.2 Å². The van der Waals surface area contributed by atoms with Crippen LogP contribution in [0.5, 0.6) is 0 Å². The number of hydrogen-bond donors (Lipinski definition) is 2. The van der Waals surface area contributed by atoms with Crippen molar-refractivity contribution in [2.75, 3.05) is 11.9 Å². The third kappa shape index (κ3) is 4.64. The third-order valence-corrected chi connectivity index (χ3v) is 2.91. The SMILES string of the molecule is O=C(CNCc1ccc(F)cc1)Nc1ccc(Cl)cc1. The lowest BCUT2D eigenvalue weighted by molar-refractivity contribution is -0.115. The number of carbonyl (C=O) groups is 1. The zero-order valence-electron chi connectivity index (χ0n) is 10.7. The van der Waals surface area contributed by atoms with E-state index in [4.69, 9.17) is 11.6 Å². The average Bonchev–Trinajstić information content (AvgIpc) is 2.44. The van der Waals surface area contributed by atoms with Gasteiger partial charge in [-0.2, -0.15) is 0 Å². The summed E-state index contributed by atoms with van der Waals surface area (Å²) in [5.74, 6) is -0.413. The minimum absolute atomic E-state index is 0.144. The minimum Gasteiger partial charge on any atom is -0.325 e. The molecule has 104 valence electrons. The summed E-state index contributed by atoms with van der Waals surface area (Å²) in [6.45, 7) is 0.689. The van der Waals surface area contributed by atoms with E-state index in [9.17, 15) is 9.18 Å². The Balaban J connectivity index is 1.75. The van der Waals surface area contributed by atoms with E-state index in [-0.39, 0.29) is 18.3 Å². The van der Waals surface area contributed by atoms with E-state index in [1.165, 1.54) is 12.1 Å². The molecule has 2 aromatic rings. The standard InChI is InChI=1S/C15H14ClFN2O/c16-12-3-7-14(8-4-12)19-15(20)10-18-9-11-1-5-13(17)6-2-11/h1-8,18H,9-10H2,(H,19,20). The number of benzene rings is 2. The fourth-order valence-electron chi connectivity index (χ4n) is 1.66. The van der Waals surface area contributed by atoms with Crippen molar-refractivity contribution in [1.29, 1.82) is 0 Å². The van der Waals surface area contributed by atoms with E-state index in [2.05, 4.69) is 10.6 Å². The van der Waals surface area contributed by atoms with Gasteiger partial charge in [0.25, 0.3) is 0 Å². The molecule has 0 saturated heterocycles. The summed E-state index contributed by atoms with van der Waals surface area (Å²) in [4.78, 5) is 11.7. The number of halogens is 2. The van der Waals surface area contributed by atoms with Crippen molar-refractivity contribution in [2.45, 2.75) is 6.54 Å². The lowest BCUT2D eigenvalue weighted by atomic mass is 10.2. The molecule has 1 amide bonds. The van der Waals surface area contributed by atoms with Gasteiger partial charge in [0.05, 0.1) is 6.54 Å². The lowest BCUT2D eigenvalue weighted by Gasteiger charge is -2.07. The van der Waals surface area contributed by atoms with Crippen LogP contribution in [0.4, 0.5) is 10.1 Å². The second-order valence-corrected chi connectivity index (χ2v) is 4.72. The highest BCUT2D eigenvalue weighted by atomic mass is 35.5. The number of rotatable bonds is 5. The summed E-state index contributed by atoms with van der Waals surface area (Å²) in [5, 5.41) is 6.36. The van der Waals surface area contributed by atoms with Gasteiger partial charge in [0.1, 0.15) is 5.82 Å². The molecular formula is C15H14ClFN2O. The Bertz CT molecular complexity index is 569. The van der Waals surface area contributed by atoms with Crippen LogP contribution < -0.4 is 10.6 Å². The number of carbonyl (C=O) groups excluding carboxylic acids is 1. The molecule has 2 aromatic carbocycles. The maximum atomic E-state index is 12.7. The molecule has 0 unspecified atom stereocenters. The van der Waals surface area contributed by atoms with Gasteiger partial charge in [-0.1, -0.05) is 23.7 Å². The topological polar surface area (TPSA) is 41.1 Å². The fourth-order valence-corrected chi connectivity index (χ4v) is 1.79. The van der Waals surface area contributed by atoms with Crippen LogP contribution in [-0.4, -0.2) is 12.5 Å². The first-order chi connectivity index (χ1) is 9.63. The molecule has 0 saturated carbocycles. The molecule has 5 heteroatoms. The summed E-state index contributed by atoms with van der Waals surface area (Å²) in [6.07, 6.45) is 0. The quantitative estimate of drug-likeness (QED) is 0.888. The zero-order valence-corrected chi connectivity index (χ0v) is 11.5. The molecule has 0 aliphatic carbocycles. The van der Waals surface area contributed by atoms with Crippen molar-refractivity contribution < 1.29 is 9.18 Å². The van der Waals surface area contributed by atoms with E-state index < -0.39 is 0 Å². The van der Waals surface area contributed by atoms with Crippen molar-refractivity contribution in [1.82, 2.24) is 5.32 Å². The van der Waals surface area contributed by atoms with E-state index in [0.29, 0.717) is 17.3 Å². The molecule has 0 heterocycles. The molecule has 0 fully saturated rings. The summed E-state index contributed by atoms with van der Waals surface area (Å²) >= 11 is 5.76. The van der Waals surface area contributed by atoms with Gasteiger partial charge in [-0.15, -0.1) is 0 Å². The Labute approximate surface area is 121 Å². The Morgan fingerprint density at radius 1 is 1.05 bits per heavy atom. The Kier molecular flexibility index (Phi) is 5.09. The van der Waals surface area contributed by atoms with Gasteiger partial charge >= 0.3 is 0 Å². The first-order valence-corrected chi connectivity index (χ1v) is 6.52. The lowest BCUT2D eigenvalue weighted by Crippen LogP contribution is -2.27. The molecule has 2 N–H and O–H groups in total. The number of amides is 1. The molecule has 0 aromatic heterocycles. The van der Waals surface area contributed by atoms with Crippen LogP contribution in [-0.2, 0) is 11.3 Å². The van der Waals surface area contributed by atoms with Crippen LogP contribution in [0.15, 0.2) is 48.5 Å². The Morgan fingerprint density at radius 3 is 2.35 bits per heavy atom. The summed E-state index contributed by atoms with van der Waals surface area (Å²) in [7, 11) is 0. The third-order valence-electron chi connectivity index (χ3n) is 2.66. The first-order valence-electron chi connectivity index (χ1n) is 6.14. The molecule has 2 rings (SSSR count). The minimum atomic E-state index is -0.269. The monoisotopic (exact) mass is 292 g/mol. The molecule has 3 nitrogen and oxygen atoms in total. The molecule has 0 atom stereocenters. The van der Waals surface area contributed by atoms with Crippen molar-refractivity contribution in [3.8, 4) is 0 Å². The molecule has 0 spiro atoms. The smallest absolute Gasteiger partial charge is 0.238 e. The number of nitrogens with one attached hydrogen (secondary N) is 2. The van der Waals surface area contributed by atoms with E-state index in [0.717, 1.165) is 5.56 Å². The van der Waals surface area contributed by atoms with Gasteiger partial charge in [0.15, 0.2) is 0 Å². The largest absolute Gasteiger partial charge is 0.325 e. The van der Waals surface area contributed by atoms with Crippen LogP contribution in [0.25, 0.3) is 0 Å². The Hall–Kier alpha value is -1.91. The van der Waals surface area contributed by atoms with Gasteiger partial charge in [-0.05, 0) is 42.0 Å². The predicted molar refractivity (Wildman–Crippen MR) is 78.2 cm³/mol. The molecule has 0 radical (unpaired) electrons. The van der Waals surface area contributed by atoms with Crippen LogP contribution >= 0.6 is 11.6 Å². The fraction of sp³-hybridized carbons (Fsp3) is 0.133. The molecule has 0 aliphatic heterocycles. The van der Waals surface area contributed by atoms with Crippen LogP contribution in [0.1, 0.15) is 5.56 Å². The molecule has 20 heavy (non-hydrogen) atoms. The predicted octanol–water partition coefficient (Wildman–Crippen LogP) is 3.21. The molecule has 0 aliphatic rings. The average molecular weight is 293 g/mol. The molecular weight excluding hydrogens is 279 g/mol. The van der Waals surface area contributed by atoms with Gasteiger partial charge in [0, 0.05) is 17.3 Å². The van der Waals surface area contributed by atoms with Crippen molar-refractivity contribution in [3.05, 3.63) is 64.9 Å². The van der Waals surface area contributed by atoms with Gasteiger partial charge in [0.2, 0.25) is 5.91 Å². The maximum absolute atomic E-state index is 12.7. The molecule has 0 bridgehead atoms. The maximum Gasteiger partial charge on any atom is 0.238 e. The summed E-state index contributed by atoms with van der Waals surface area (Å²) in [5.41, 5.74) is 1.62. The van der Waals surface area contributed by atoms with Crippen molar-refractivity contribution in [2.24, 2.45) is 0 Å². The van der Waals surface area contributed by atoms with Crippen LogP contribution in [0, 0.1) is 5.82 Å². The second kappa shape index (κ2) is 7.03. The van der Waals surface area contributed by atoms with Gasteiger partial charge in [-0.3, -0.25) is 4.79 Å². The van der Waals surface area contributed by atoms with E-state index in [1.54, 1.807) is 36.4 Å². The zero-order chi connectivity index (χ0) is 14.4.